The fourth-order valence-corrected chi connectivity index (χ4v) is 42.0. The SMILES string of the molecule is CC(=O)CCC[C@H]1CCC2C3CC[C@H]4C[C@@](C)(O)CC[C@]4(C)C3CC[C@@]21C.CC(=O)CO[C@H]1CCC2C3CC[C@H]4C[C@@](C)(O)CC[C@]4(C)C3CC[C@@]21C.CC(C)C(=O)CC[C@H]1CCC2C3CC[C@H]4C[C@@](C)(O)CC[C@]4(C)C3CC[C@@]21C.CC(C)C(=O)CO[C@H]1CCC2C3CC[C@H]4C[C@@](C)(O)CC[C@]4(C)C3CC[C@@]21C.COC(=O)CC[C@@H](C)[C@H]1CCC2C3CC[C@H]4C[C@@H](O)CC[C@]4(C)C3CC[C@@]21C. The van der Waals surface area contributed by atoms with Gasteiger partial charge in [0.05, 0.1) is 47.8 Å². The quantitative estimate of drug-likeness (QED) is 0.0762. The number of hydrogen-bond donors (Lipinski definition) is 5. The van der Waals surface area contributed by atoms with E-state index in [0.717, 1.165) is 233 Å². The molecule has 0 saturated heterocycles. The second kappa shape index (κ2) is 40.7. The molecule has 20 fully saturated rings. The van der Waals surface area contributed by atoms with Crippen LogP contribution in [0, 0.1) is 208 Å². The number of Topliss-reactive ketones (excluding diaryl/α,β-unsaturated/α-hetero) is 4. The highest BCUT2D eigenvalue weighted by Gasteiger charge is 2.68. The molecule has 20 rings (SSSR count). The lowest BCUT2D eigenvalue weighted by molar-refractivity contribution is -0.158. The number of fused-ring (bicyclic) bond motifs is 25. The first-order valence-corrected chi connectivity index (χ1v) is 59.2. The van der Waals surface area contributed by atoms with Crippen LogP contribution in [0.2, 0.25) is 0 Å². The lowest BCUT2D eigenvalue weighted by Gasteiger charge is -2.62. The van der Waals surface area contributed by atoms with Crippen molar-refractivity contribution in [3.05, 3.63) is 0 Å². The van der Waals surface area contributed by atoms with E-state index in [0.29, 0.717) is 85.7 Å². The zero-order chi connectivity index (χ0) is 98.9. The van der Waals surface area contributed by atoms with Crippen LogP contribution < -0.4 is 0 Å². The van der Waals surface area contributed by atoms with E-state index in [4.69, 9.17) is 14.2 Å². The molecule has 15 unspecified atom stereocenters. The zero-order valence-corrected chi connectivity index (χ0v) is 91.9. The highest BCUT2D eigenvalue weighted by Crippen LogP contribution is 2.75. The smallest absolute Gasteiger partial charge is 0.305 e. The summed E-state index contributed by atoms with van der Waals surface area (Å²) in [4.78, 5) is 58.7. The molecule has 20 saturated carbocycles. The van der Waals surface area contributed by atoms with Crippen LogP contribution >= 0.6 is 0 Å². The van der Waals surface area contributed by atoms with Crippen LogP contribution in [0.4, 0.5) is 0 Å². The Hall–Kier alpha value is -2.13. The molecule has 5 N–H and O–H groups in total. The Morgan fingerprint density at radius 3 is 1.01 bits per heavy atom. The van der Waals surface area contributed by atoms with Crippen molar-refractivity contribution in [2.24, 2.45) is 208 Å². The van der Waals surface area contributed by atoms with Crippen molar-refractivity contribution < 1.29 is 63.7 Å². The molecule has 13 heteroatoms. The number of rotatable bonds is 19. The van der Waals surface area contributed by atoms with E-state index in [1.54, 1.807) is 13.8 Å². The van der Waals surface area contributed by atoms with Gasteiger partial charge in [0.15, 0.2) is 11.6 Å². The van der Waals surface area contributed by atoms with E-state index in [1.807, 2.05) is 41.5 Å². The lowest BCUT2D eigenvalue weighted by atomic mass is 9.44. The maximum Gasteiger partial charge on any atom is 0.305 e. The van der Waals surface area contributed by atoms with Gasteiger partial charge in [-0.1, -0.05) is 104 Å². The first-order chi connectivity index (χ1) is 64.2. The third-order valence-electron chi connectivity index (χ3n) is 50.5. The minimum absolute atomic E-state index is 0.0463. The number of ketones is 4. The molecule has 0 aromatic rings. The van der Waals surface area contributed by atoms with E-state index in [1.165, 1.54) is 225 Å². The number of aliphatic hydroxyl groups is 5. The van der Waals surface area contributed by atoms with Crippen LogP contribution in [0.15, 0.2) is 0 Å². The van der Waals surface area contributed by atoms with E-state index in [-0.39, 0.29) is 65.1 Å². The number of ether oxygens (including phenoxy) is 3. The van der Waals surface area contributed by atoms with Gasteiger partial charge in [-0.2, -0.15) is 0 Å². The Balaban J connectivity index is 0.000000124. The van der Waals surface area contributed by atoms with E-state index in [2.05, 4.69) is 90.0 Å². The molecule has 0 bridgehead atoms. The molecule has 0 aromatic heterocycles. The second-order valence-corrected chi connectivity index (χ2v) is 58.4. The molecule has 0 heterocycles. The molecule has 20 aliphatic carbocycles. The normalized spacial score (nSPS) is 51.1. The Bertz CT molecular complexity index is 4050. The van der Waals surface area contributed by atoms with Gasteiger partial charge in [-0.15, -0.1) is 0 Å². The number of aliphatic hydroxyl groups excluding tert-OH is 1. The number of esters is 1. The summed E-state index contributed by atoms with van der Waals surface area (Å²) in [5, 5.41) is 52.8. The predicted molar refractivity (Wildman–Crippen MR) is 552 cm³/mol. The number of methoxy groups -OCH3 is 1. The summed E-state index contributed by atoms with van der Waals surface area (Å²) < 4.78 is 17.2. The molecule has 0 aromatic carbocycles. The van der Waals surface area contributed by atoms with Gasteiger partial charge in [0.2, 0.25) is 0 Å². The Labute approximate surface area is 836 Å². The summed E-state index contributed by atoms with van der Waals surface area (Å²) in [6.07, 6.45) is 63.3. The van der Waals surface area contributed by atoms with Crippen LogP contribution in [0.5, 0.6) is 0 Å². The first kappa shape index (κ1) is 108. The van der Waals surface area contributed by atoms with Crippen LogP contribution in [-0.2, 0) is 38.2 Å². The van der Waals surface area contributed by atoms with Crippen LogP contribution in [0.1, 0.15) is 479 Å². The van der Waals surface area contributed by atoms with Crippen molar-refractivity contribution in [1.29, 1.82) is 0 Å². The number of carbonyl (C=O) groups is 5. The summed E-state index contributed by atoms with van der Waals surface area (Å²) in [7, 11) is 1.50. The Morgan fingerprint density at radius 2 is 0.628 bits per heavy atom. The highest BCUT2D eigenvalue weighted by atomic mass is 16.5. The van der Waals surface area contributed by atoms with E-state index < -0.39 is 22.4 Å². The summed E-state index contributed by atoms with van der Waals surface area (Å²) in [6, 6.07) is 0. The molecular formula is C124H208O13. The van der Waals surface area contributed by atoms with Gasteiger partial charge in [-0.05, 0) is 552 Å². The Morgan fingerprint density at radius 1 is 0.307 bits per heavy atom. The zero-order valence-electron chi connectivity index (χ0n) is 91.9. The third kappa shape index (κ3) is 20.6. The van der Waals surface area contributed by atoms with Crippen LogP contribution in [-0.4, -0.2) is 116 Å². The standard InChI is InChI=1S/C26H44O2.2C25H42O3.C25H42O2.C23H38O3/c1-17(2)23(27)11-8-18-7-10-21-20-9-6-19-16-24(3,28)14-15-26(19,5)22(20)12-13-25(18,21)4;1-16(2)21(26)15-28-22-9-8-19-18-7-6-17-14-23(3,27)12-13-24(17,4)20(18)10-11-25(19,22)5;1-16(5-10-23(27)28-4)20-8-9-21-19-7-6-17-15-18(26)11-13-24(17,2)22(19)12-14-25(20,21)3;1-17(26)6-5-7-18-9-11-21-20-10-8-19-16-23(2,27)14-15-25(19,4)22(20)12-13-24(18,21)3;1-15(24)14-26-20-8-7-18-17-6-5-16-13-21(2,25)11-12-22(16,3)19(17)9-10-23(18,20)4/h17-22,28H,6-16H2,1-5H3;16-20,22,27H,6-15H2,1-5H3;16-22,26H,5-15H2,1-4H3;18-22,27H,5-16H2,1-4H3;16-20,25H,5-14H2,1-4H3/t18-,19+,20?,21?,22?,24+,25-,26+;17-,18?,19?,20?,22-,23-,24-,25-;16-,17+,18+,19?,20-,21?,22?,24+,25-;18-,19-,20?,21?,22?,23-,24+,25-;16-,17?,18?,19?,20-,21-,22-,23-/m10100/s1. The summed E-state index contributed by atoms with van der Waals surface area (Å²) >= 11 is 0. The largest absolute Gasteiger partial charge is 0.469 e. The fourth-order valence-electron chi connectivity index (χ4n) is 42.0. The van der Waals surface area contributed by atoms with Crippen LogP contribution in [0.25, 0.3) is 0 Å². The fraction of sp³-hybridized carbons (Fsp3) is 0.960. The van der Waals surface area contributed by atoms with Gasteiger partial charge < -0.3 is 44.5 Å². The molecular weight excluding hydrogens is 1700 g/mol. The minimum Gasteiger partial charge on any atom is -0.469 e. The van der Waals surface area contributed by atoms with Gasteiger partial charge in [0, 0.05) is 31.1 Å². The van der Waals surface area contributed by atoms with Crippen molar-refractivity contribution >= 4 is 29.1 Å². The van der Waals surface area contributed by atoms with Crippen molar-refractivity contribution in [3.8, 4) is 0 Å². The van der Waals surface area contributed by atoms with Gasteiger partial charge in [-0.3, -0.25) is 19.2 Å². The molecule has 13 nitrogen and oxygen atoms in total. The molecule has 0 radical (unpaired) electrons. The van der Waals surface area contributed by atoms with Crippen molar-refractivity contribution in [2.75, 3.05) is 20.3 Å². The molecule has 0 spiro atoms. The monoisotopic (exact) mass is 1910 g/mol. The maximum atomic E-state index is 12.2. The van der Waals surface area contributed by atoms with Gasteiger partial charge in [-0.25, -0.2) is 0 Å². The molecule has 782 valence electrons. The molecule has 137 heavy (non-hydrogen) atoms. The maximum absolute atomic E-state index is 12.2. The average molecular weight is 1910 g/mol. The van der Waals surface area contributed by atoms with E-state index in [9.17, 15) is 49.5 Å². The molecule has 41 atom stereocenters. The second-order valence-electron chi connectivity index (χ2n) is 58.4. The summed E-state index contributed by atoms with van der Waals surface area (Å²) in [5.74, 6) is 20.8. The molecule has 0 amide bonds. The predicted octanol–water partition coefficient (Wildman–Crippen LogP) is 28.3. The third-order valence-corrected chi connectivity index (χ3v) is 50.5. The topological polar surface area (TPSA) is 214 Å². The van der Waals surface area contributed by atoms with Crippen molar-refractivity contribution in [1.82, 2.24) is 0 Å². The molecule has 0 aliphatic heterocycles. The Kier molecular flexibility index (Phi) is 32.0. The minimum atomic E-state index is -0.449. The lowest BCUT2D eigenvalue weighted by Crippen LogP contribution is -2.56. The number of hydrogen-bond acceptors (Lipinski definition) is 13. The summed E-state index contributed by atoms with van der Waals surface area (Å²) in [5.41, 5.74) is 2.48. The van der Waals surface area contributed by atoms with Crippen molar-refractivity contribution in [2.45, 2.75) is 520 Å². The first-order valence-electron chi connectivity index (χ1n) is 59.2. The highest BCUT2D eigenvalue weighted by molar-refractivity contribution is 5.81. The van der Waals surface area contributed by atoms with Crippen LogP contribution in [0.3, 0.4) is 0 Å². The van der Waals surface area contributed by atoms with Crippen molar-refractivity contribution in [3.63, 3.8) is 0 Å². The van der Waals surface area contributed by atoms with Gasteiger partial charge >= 0.3 is 5.97 Å². The summed E-state index contributed by atoms with van der Waals surface area (Å²) in [6.45, 7) is 48.2. The average Bonchev–Trinajstić information content (AvgIpc) is 1.70. The molecule has 20 aliphatic rings. The van der Waals surface area contributed by atoms with E-state index >= 15 is 0 Å². The number of carbonyl (C=O) groups excluding carboxylic acids is 5. The van der Waals surface area contributed by atoms with Gasteiger partial charge in [0.1, 0.15) is 24.8 Å². The van der Waals surface area contributed by atoms with Gasteiger partial charge in [0.25, 0.3) is 0 Å².